The number of aliphatic carboxylic acids is 1. The number of carboxylic acids is 1. The van der Waals surface area contributed by atoms with E-state index >= 15 is 0 Å². The van der Waals surface area contributed by atoms with Crippen molar-refractivity contribution in [3.05, 3.63) is 95.6 Å². The number of nitrogen functional groups attached to an aromatic ring is 1. The zero-order valence-corrected chi connectivity index (χ0v) is 20.2. The summed E-state index contributed by atoms with van der Waals surface area (Å²) >= 11 is 0. The molecule has 0 aliphatic carbocycles. The molecule has 188 valence electrons. The molecule has 0 aliphatic heterocycles. The van der Waals surface area contributed by atoms with Crippen LogP contribution >= 0.6 is 12.4 Å². The summed E-state index contributed by atoms with van der Waals surface area (Å²) in [5.74, 6) is -1.93. The minimum atomic E-state index is -1.75. The van der Waals surface area contributed by atoms with Crippen molar-refractivity contribution in [2.45, 2.75) is 18.6 Å². The van der Waals surface area contributed by atoms with Gasteiger partial charge in [-0.2, -0.15) is 0 Å². The molecule has 3 rings (SSSR count). The second kappa shape index (κ2) is 12.9. The molecule has 1 amide bonds. The predicted molar refractivity (Wildman–Crippen MR) is 136 cm³/mol. The first-order valence-electron chi connectivity index (χ1n) is 10.6. The number of amides is 1. The van der Waals surface area contributed by atoms with E-state index in [1.807, 2.05) is 0 Å². The average Bonchev–Trinajstić information content (AvgIpc) is 2.87. The number of Topliss-reactive ketones (excluding diaryl/α,β-unsaturated/α-hetero) is 1. The van der Waals surface area contributed by atoms with Gasteiger partial charge in [0.25, 0.3) is 12.0 Å². The van der Waals surface area contributed by atoms with Crippen molar-refractivity contribution in [1.82, 2.24) is 5.32 Å². The fraction of sp³-hybridized carbons (Fsp3) is 0.154. The maximum Gasteiger partial charge on any atom is 0.352 e. The molecular weight excluding hydrogens is 486 g/mol. The maximum absolute atomic E-state index is 13.0. The molecule has 9 nitrogen and oxygen atoms in total. The molecule has 0 heterocycles. The van der Waals surface area contributed by atoms with E-state index in [9.17, 15) is 19.5 Å². The van der Waals surface area contributed by atoms with Crippen LogP contribution in [0.2, 0.25) is 0 Å². The summed E-state index contributed by atoms with van der Waals surface area (Å²) in [5, 5.41) is 19.9. The normalized spacial score (nSPS) is 11.8. The maximum atomic E-state index is 13.0. The first-order chi connectivity index (χ1) is 16.8. The van der Waals surface area contributed by atoms with Crippen LogP contribution in [0, 0.1) is 5.41 Å². The van der Waals surface area contributed by atoms with E-state index in [1.165, 1.54) is 19.2 Å². The Balaban J connectivity index is 0.00000456. The zero-order valence-electron chi connectivity index (χ0n) is 19.3. The van der Waals surface area contributed by atoms with Crippen molar-refractivity contribution in [2.75, 3.05) is 7.11 Å². The van der Waals surface area contributed by atoms with Crippen molar-refractivity contribution >= 4 is 35.9 Å². The van der Waals surface area contributed by atoms with Crippen molar-refractivity contribution in [1.29, 1.82) is 5.41 Å². The van der Waals surface area contributed by atoms with Crippen LogP contribution in [0.4, 0.5) is 0 Å². The Kier molecular flexibility index (Phi) is 10.00. The number of rotatable bonds is 11. The third kappa shape index (κ3) is 7.31. The number of ether oxygens (including phenoxy) is 2. The summed E-state index contributed by atoms with van der Waals surface area (Å²) in [4.78, 5) is 37.7. The van der Waals surface area contributed by atoms with E-state index < -0.39 is 29.8 Å². The topological polar surface area (TPSA) is 152 Å². The highest BCUT2D eigenvalue weighted by Gasteiger charge is 2.31. The summed E-state index contributed by atoms with van der Waals surface area (Å²) in [6.07, 6.45) is -2.07. The predicted octanol–water partition coefficient (Wildman–Crippen LogP) is 3.36. The average molecular weight is 512 g/mol. The van der Waals surface area contributed by atoms with E-state index in [1.54, 1.807) is 66.7 Å². The molecule has 3 aromatic rings. The van der Waals surface area contributed by atoms with Gasteiger partial charge in [-0.1, -0.05) is 42.5 Å². The Morgan fingerprint density at radius 2 is 1.50 bits per heavy atom. The number of hydrogen-bond acceptors (Lipinski definition) is 6. The molecule has 2 unspecified atom stereocenters. The Morgan fingerprint density at radius 3 is 2.03 bits per heavy atom. The van der Waals surface area contributed by atoms with E-state index in [4.69, 9.17) is 20.6 Å². The van der Waals surface area contributed by atoms with Gasteiger partial charge in [0, 0.05) is 17.5 Å². The number of nitrogens with one attached hydrogen (secondary N) is 2. The Morgan fingerprint density at radius 1 is 0.917 bits per heavy atom. The van der Waals surface area contributed by atoms with Crippen LogP contribution in [0.5, 0.6) is 11.5 Å². The van der Waals surface area contributed by atoms with Crippen LogP contribution in [0.15, 0.2) is 78.9 Å². The highest BCUT2D eigenvalue weighted by molar-refractivity contribution is 6.02. The molecule has 0 saturated heterocycles. The molecule has 0 aliphatic rings. The number of ketones is 1. The summed E-state index contributed by atoms with van der Waals surface area (Å²) < 4.78 is 10.6. The van der Waals surface area contributed by atoms with E-state index in [2.05, 4.69) is 5.32 Å². The number of halogens is 1. The number of carboxylic acid groups (broad SMARTS) is 1. The van der Waals surface area contributed by atoms with Crippen molar-refractivity contribution < 1.29 is 29.0 Å². The van der Waals surface area contributed by atoms with Gasteiger partial charge >= 0.3 is 5.97 Å². The van der Waals surface area contributed by atoms with Gasteiger partial charge in [-0.05, 0) is 42.0 Å². The number of methoxy groups -OCH3 is 1. The molecule has 3 aromatic carbocycles. The Labute approximate surface area is 214 Å². The smallest absolute Gasteiger partial charge is 0.352 e. The largest absolute Gasteiger partial charge is 0.497 e. The minimum Gasteiger partial charge on any atom is -0.497 e. The zero-order chi connectivity index (χ0) is 25.4. The SMILES string of the molecule is COc1ccc(C(CC(=O)C(Oc2ccccc2)C(=O)O)NC(=O)c2ccc(C(=N)N)cc2)cc1.Cl. The fourth-order valence-electron chi connectivity index (χ4n) is 3.33. The monoisotopic (exact) mass is 511 g/mol. The van der Waals surface area contributed by atoms with Crippen molar-refractivity contribution in [3.8, 4) is 11.5 Å². The molecule has 0 spiro atoms. The van der Waals surface area contributed by atoms with Crippen LogP contribution in [0.25, 0.3) is 0 Å². The van der Waals surface area contributed by atoms with Crippen molar-refractivity contribution in [3.63, 3.8) is 0 Å². The fourth-order valence-corrected chi connectivity index (χ4v) is 3.33. The number of carbonyl (C=O) groups is 3. The number of nitrogens with two attached hydrogens (primary N) is 1. The number of benzene rings is 3. The van der Waals surface area contributed by atoms with E-state index in [0.29, 0.717) is 16.9 Å². The lowest BCUT2D eigenvalue weighted by Gasteiger charge is -2.21. The van der Waals surface area contributed by atoms with Crippen LogP contribution in [-0.4, -0.2) is 41.8 Å². The van der Waals surface area contributed by atoms with E-state index in [-0.39, 0.29) is 36.0 Å². The molecule has 0 fully saturated rings. The van der Waals surface area contributed by atoms with Gasteiger partial charge < -0.3 is 25.6 Å². The van der Waals surface area contributed by atoms with E-state index in [0.717, 1.165) is 0 Å². The molecule has 0 saturated carbocycles. The minimum absolute atomic E-state index is 0. The number of para-hydroxylation sites is 1. The molecule has 0 aromatic heterocycles. The lowest BCUT2D eigenvalue weighted by molar-refractivity contribution is -0.150. The number of amidine groups is 1. The first kappa shape index (κ1) is 27.9. The van der Waals surface area contributed by atoms with Crippen LogP contribution in [-0.2, 0) is 9.59 Å². The number of carbonyl (C=O) groups excluding carboxylic acids is 2. The van der Waals surface area contributed by atoms with Crippen LogP contribution < -0.4 is 20.5 Å². The van der Waals surface area contributed by atoms with Gasteiger partial charge in [-0.25, -0.2) is 4.79 Å². The highest BCUT2D eigenvalue weighted by atomic mass is 35.5. The summed E-state index contributed by atoms with van der Waals surface area (Å²) in [6.45, 7) is 0. The van der Waals surface area contributed by atoms with Gasteiger partial charge in [0.1, 0.15) is 17.3 Å². The summed E-state index contributed by atoms with van der Waals surface area (Å²) in [5.41, 5.74) is 6.79. The quantitative estimate of drug-likeness (QED) is 0.175. The molecule has 36 heavy (non-hydrogen) atoms. The molecule has 0 radical (unpaired) electrons. The van der Waals surface area contributed by atoms with Crippen LogP contribution in [0.1, 0.15) is 33.9 Å². The van der Waals surface area contributed by atoms with Gasteiger partial charge in [0.05, 0.1) is 13.2 Å². The van der Waals surface area contributed by atoms with Crippen LogP contribution in [0.3, 0.4) is 0 Å². The molecule has 5 N–H and O–H groups in total. The Hall–Kier alpha value is -4.37. The first-order valence-corrected chi connectivity index (χ1v) is 10.6. The second-order valence-corrected chi connectivity index (χ2v) is 7.61. The standard InChI is InChI=1S/C26H25N3O6.ClH/c1-34-19-13-11-16(12-14-19)21(29-25(31)18-9-7-17(8-10-18)24(27)28)15-22(30)23(26(32)33)35-20-5-3-2-4-6-20;/h2-14,21,23H,15H2,1H3,(H3,27,28)(H,29,31)(H,32,33);1H. The Bertz CT molecular complexity index is 1200. The van der Waals surface area contributed by atoms with Gasteiger partial charge in [0.15, 0.2) is 5.78 Å². The molecular formula is C26H26ClN3O6. The van der Waals surface area contributed by atoms with Gasteiger partial charge in [0.2, 0.25) is 0 Å². The second-order valence-electron chi connectivity index (χ2n) is 7.61. The lowest BCUT2D eigenvalue weighted by atomic mass is 9.98. The lowest BCUT2D eigenvalue weighted by Crippen LogP contribution is -2.39. The van der Waals surface area contributed by atoms with Gasteiger partial charge in [-0.15, -0.1) is 12.4 Å². The third-order valence-corrected chi connectivity index (χ3v) is 5.20. The highest BCUT2D eigenvalue weighted by Crippen LogP contribution is 2.23. The van der Waals surface area contributed by atoms with Crippen molar-refractivity contribution in [2.24, 2.45) is 5.73 Å². The third-order valence-electron chi connectivity index (χ3n) is 5.20. The molecule has 0 bridgehead atoms. The van der Waals surface area contributed by atoms with Gasteiger partial charge in [-0.3, -0.25) is 15.0 Å². The molecule has 2 atom stereocenters. The summed E-state index contributed by atoms with van der Waals surface area (Å²) in [7, 11) is 1.51. The number of hydrogen-bond donors (Lipinski definition) is 4. The summed E-state index contributed by atoms with van der Waals surface area (Å²) in [6, 6.07) is 20.2. The molecule has 10 heteroatoms.